The van der Waals surface area contributed by atoms with Crippen LogP contribution in [0.2, 0.25) is 10.0 Å². The van der Waals surface area contributed by atoms with Gasteiger partial charge >= 0.3 is 6.18 Å². The van der Waals surface area contributed by atoms with E-state index in [4.69, 9.17) is 33.4 Å². The van der Waals surface area contributed by atoms with Crippen molar-refractivity contribution in [1.82, 2.24) is 0 Å². The lowest BCUT2D eigenvalue weighted by atomic mass is 10.1. The second-order valence-corrected chi connectivity index (χ2v) is 6.14. The molecular weight excluding hydrogens is 392 g/mol. The number of carbonyl (C=O) groups excluding carboxylic acids is 1. The summed E-state index contributed by atoms with van der Waals surface area (Å²) in [6.45, 7) is 0. The minimum atomic E-state index is -4.46. The zero-order valence-corrected chi connectivity index (χ0v) is 14.3. The number of halogens is 5. The molecule has 3 rings (SSSR count). The Morgan fingerprint density at radius 3 is 2.31 bits per heavy atom. The van der Waals surface area contributed by atoms with Gasteiger partial charge in [-0.05, 0) is 42.5 Å². The van der Waals surface area contributed by atoms with Gasteiger partial charge in [0.05, 0.1) is 16.3 Å². The van der Waals surface area contributed by atoms with E-state index in [2.05, 4.69) is 4.99 Å². The second kappa shape index (κ2) is 6.66. The molecule has 0 radical (unpaired) electrons. The van der Waals surface area contributed by atoms with Gasteiger partial charge in [-0.2, -0.15) is 13.2 Å². The molecule has 0 atom stereocenters. The van der Waals surface area contributed by atoms with Gasteiger partial charge in [0, 0.05) is 10.4 Å². The molecule has 2 N–H and O–H groups in total. The molecular formula is C17H9Cl2F3N2O2. The number of fused-ring (bicyclic) bond motifs is 1. The van der Waals surface area contributed by atoms with Crippen LogP contribution >= 0.6 is 23.2 Å². The maximum absolute atomic E-state index is 12.6. The van der Waals surface area contributed by atoms with Crippen LogP contribution in [0.4, 0.5) is 18.9 Å². The van der Waals surface area contributed by atoms with E-state index in [1.807, 2.05) is 0 Å². The van der Waals surface area contributed by atoms with E-state index in [9.17, 15) is 18.0 Å². The largest absolute Gasteiger partial charge is 0.436 e. The second-order valence-electron chi connectivity index (χ2n) is 5.29. The van der Waals surface area contributed by atoms with E-state index in [1.54, 1.807) is 0 Å². The molecule has 0 aliphatic carbocycles. The van der Waals surface area contributed by atoms with E-state index >= 15 is 0 Å². The first kappa shape index (κ1) is 18.3. The lowest BCUT2D eigenvalue weighted by Crippen LogP contribution is -2.21. The van der Waals surface area contributed by atoms with Crippen molar-refractivity contribution in [3.05, 3.63) is 69.2 Å². The Bertz CT molecular complexity index is 1070. The van der Waals surface area contributed by atoms with Crippen molar-refractivity contribution in [2.45, 2.75) is 6.18 Å². The van der Waals surface area contributed by atoms with Crippen LogP contribution in [0.25, 0.3) is 11.0 Å². The van der Waals surface area contributed by atoms with Crippen molar-refractivity contribution < 1.29 is 22.4 Å². The fourth-order valence-corrected chi connectivity index (χ4v) is 2.81. The monoisotopic (exact) mass is 400 g/mol. The van der Waals surface area contributed by atoms with Gasteiger partial charge in [0.1, 0.15) is 5.56 Å². The predicted octanol–water partition coefficient (Wildman–Crippen LogP) is 5.09. The standard InChI is InChI=1S/C17H9Cl2F3N2O2/c18-10-5-8-6-12(15(23)25)16(26-14(8)13(19)7-10)24-11-3-1-9(2-4-11)17(20,21)22/h1-7H,(H2,23,25). The minimum Gasteiger partial charge on any atom is -0.436 e. The van der Waals surface area contributed by atoms with Crippen molar-refractivity contribution in [1.29, 1.82) is 0 Å². The highest BCUT2D eigenvalue weighted by atomic mass is 35.5. The Hall–Kier alpha value is -2.51. The molecule has 0 saturated carbocycles. The highest BCUT2D eigenvalue weighted by Crippen LogP contribution is 2.30. The number of rotatable bonds is 2. The highest BCUT2D eigenvalue weighted by Gasteiger charge is 2.29. The number of carbonyl (C=O) groups is 1. The quantitative estimate of drug-likeness (QED) is 0.650. The van der Waals surface area contributed by atoms with Crippen molar-refractivity contribution >= 4 is 45.8 Å². The predicted molar refractivity (Wildman–Crippen MR) is 91.4 cm³/mol. The SMILES string of the molecule is NC(=O)c1cc2cc(Cl)cc(Cl)c2oc1=Nc1ccc(C(F)(F)F)cc1. The average molecular weight is 401 g/mol. The fraction of sp³-hybridized carbons (Fsp3) is 0.0588. The summed E-state index contributed by atoms with van der Waals surface area (Å²) in [5, 5.41) is 0.954. The van der Waals surface area contributed by atoms with Crippen molar-refractivity contribution in [2.75, 3.05) is 0 Å². The Labute approximate surface area is 154 Å². The number of nitrogens with two attached hydrogens (primary N) is 1. The minimum absolute atomic E-state index is 0.0595. The maximum atomic E-state index is 12.6. The van der Waals surface area contributed by atoms with Crippen LogP contribution < -0.4 is 11.3 Å². The summed E-state index contributed by atoms with van der Waals surface area (Å²) < 4.78 is 43.5. The molecule has 0 fully saturated rings. The van der Waals surface area contributed by atoms with Gasteiger partial charge in [0.15, 0.2) is 5.58 Å². The fourth-order valence-electron chi connectivity index (χ4n) is 2.27. The zero-order chi connectivity index (χ0) is 19.1. The molecule has 0 saturated heterocycles. The number of benzene rings is 2. The normalized spacial score (nSPS) is 12.6. The molecule has 0 aliphatic heterocycles. The van der Waals surface area contributed by atoms with Gasteiger partial charge in [0.2, 0.25) is 5.55 Å². The average Bonchev–Trinajstić information content (AvgIpc) is 2.54. The lowest BCUT2D eigenvalue weighted by molar-refractivity contribution is -0.137. The van der Waals surface area contributed by atoms with Crippen LogP contribution in [0.3, 0.4) is 0 Å². The number of alkyl halides is 3. The van der Waals surface area contributed by atoms with Crippen molar-refractivity contribution in [3.8, 4) is 0 Å². The molecule has 134 valence electrons. The lowest BCUT2D eigenvalue weighted by Gasteiger charge is -2.06. The molecule has 1 heterocycles. The maximum Gasteiger partial charge on any atom is 0.416 e. The first-order chi connectivity index (χ1) is 12.1. The van der Waals surface area contributed by atoms with Crippen molar-refractivity contribution in [2.24, 2.45) is 10.7 Å². The van der Waals surface area contributed by atoms with E-state index in [-0.39, 0.29) is 27.4 Å². The van der Waals surface area contributed by atoms with Crippen LogP contribution in [0.15, 0.2) is 51.9 Å². The number of nitrogens with zero attached hydrogens (tertiary/aromatic N) is 1. The zero-order valence-electron chi connectivity index (χ0n) is 12.8. The molecule has 0 bridgehead atoms. The topological polar surface area (TPSA) is 68.6 Å². The van der Waals surface area contributed by atoms with Crippen LogP contribution in [-0.4, -0.2) is 5.91 Å². The molecule has 26 heavy (non-hydrogen) atoms. The van der Waals surface area contributed by atoms with Crippen LogP contribution in [0, 0.1) is 0 Å². The van der Waals surface area contributed by atoms with Crippen LogP contribution in [-0.2, 0) is 6.18 Å². The third kappa shape index (κ3) is 3.68. The summed E-state index contributed by atoms with van der Waals surface area (Å²) in [6, 6.07) is 8.42. The molecule has 0 unspecified atom stereocenters. The summed E-state index contributed by atoms with van der Waals surface area (Å²) in [7, 11) is 0. The number of primary amides is 1. The van der Waals surface area contributed by atoms with E-state index in [0.717, 1.165) is 24.3 Å². The van der Waals surface area contributed by atoms with Crippen LogP contribution in [0.1, 0.15) is 15.9 Å². The number of hydrogen-bond donors (Lipinski definition) is 1. The summed E-state index contributed by atoms with van der Waals surface area (Å²) in [5.41, 5.74) is 4.65. The van der Waals surface area contributed by atoms with Crippen molar-refractivity contribution in [3.63, 3.8) is 0 Å². The Balaban J connectivity index is 2.21. The van der Waals surface area contributed by atoms with Gasteiger partial charge in [-0.15, -0.1) is 0 Å². The van der Waals surface area contributed by atoms with E-state index in [1.165, 1.54) is 18.2 Å². The first-order valence-corrected chi connectivity index (χ1v) is 7.85. The molecule has 1 amide bonds. The molecule has 3 aromatic rings. The number of amides is 1. The Morgan fingerprint density at radius 1 is 1.08 bits per heavy atom. The molecule has 0 spiro atoms. The molecule has 4 nitrogen and oxygen atoms in total. The van der Waals surface area contributed by atoms with Gasteiger partial charge in [-0.3, -0.25) is 4.79 Å². The highest BCUT2D eigenvalue weighted by molar-refractivity contribution is 6.38. The molecule has 2 aromatic carbocycles. The Kier molecular flexibility index (Phi) is 4.68. The van der Waals surface area contributed by atoms with Gasteiger partial charge in [-0.1, -0.05) is 23.2 Å². The summed E-state index contributed by atoms with van der Waals surface area (Å²) >= 11 is 12.0. The molecule has 9 heteroatoms. The van der Waals surface area contributed by atoms with Gasteiger partial charge in [-0.25, -0.2) is 4.99 Å². The first-order valence-electron chi connectivity index (χ1n) is 7.10. The smallest absolute Gasteiger partial charge is 0.416 e. The summed E-state index contributed by atoms with van der Waals surface area (Å²) in [4.78, 5) is 15.8. The summed E-state index contributed by atoms with van der Waals surface area (Å²) in [5.74, 6) is -0.822. The third-order valence-electron chi connectivity index (χ3n) is 3.46. The van der Waals surface area contributed by atoms with E-state index < -0.39 is 17.6 Å². The van der Waals surface area contributed by atoms with Crippen LogP contribution in [0.5, 0.6) is 0 Å². The number of hydrogen-bond acceptors (Lipinski definition) is 3. The molecule has 1 aromatic heterocycles. The van der Waals surface area contributed by atoms with E-state index in [0.29, 0.717) is 10.4 Å². The third-order valence-corrected chi connectivity index (χ3v) is 3.96. The Morgan fingerprint density at radius 2 is 1.73 bits per heavy atom. The van der Waals surface area contributed by atoms with Gasteiger partial charge < -0.3 is 10.2 Å². The van der Waals surface area contributed by atoms with Gasteiger partial charge in [0.25, 0.3) is 5.91 Å². The molecule has 0 aliphatic rings. The summed E-state index contributed by atoms with van der Waals surface area (Å²) in [6.07, 6.45) is -4.46.